The van der Waals surface area contributed by atoms with E-state index in [1.54, 1.807) is 6.20 Å². The van der Waals surface area contributed by atoms with Crippen molar-refractivity contribution in [3.8, 4) is 0 Å². The quantitative estimate of drug-likeness (QED) is 0.486. The summed E-state index contributed by atoms with van der Waals surface area (Å²) >= 11 is 0. The Balaban J connectivity index is 2.30. The van der Waals surface area contributed by atoms with Crippen LogP contribution < -0.4 is 11.3 Å². The van der Waals surface area contributed by atoms with Gasteiger partial charge in [-0.05, 0) is 12.5 Å². The third kappa shape index (κ3) is 1.95. The number of hydrazine groups is 1. The topological polar surface area (TPSA) is 97.4 Å². The molecule has 2 aromatic rings. The Morgan fingerprint density at radius 2 is 2.50 bits per heavy atom. The molecule has 0 fully saturated rings. The Kier molecular flexibility index (Phi) is 3.28. The molecule has 0 spiro atoms. The second kappa shape index (κ2) is 4.86. The standard InChI is InChI=1S/C9H15N7/c1-2-5-16-7(3-4-13-16)8(14-10)9-11-6-12-15-9/h3-4,6,8,14H,2,5,10H2,1H3,(H,11,12,15). The van der Waals surface area contributed by atoms with Crippen molar-refractivity contribution in [2.45, 2.75) is 25.9 Å². The Bertz CT molecular complexity index is 419. The molecule has 7 nitrogen and oxygen atoms in total. The third-order valence-electron chi connectivity index (χ3n) is 2.35. The number of nitrogens with zero attached hydrogens (tertiary/aromatic N) is 4. The van der Waals surface area contributed by atoms with Crippen LogP contribution >= 0.6 is 0 Å². The molecule has 0 bridgehead atoms. The van der Waals surface area contributed by atoms with Crippen LogP contribution in [0.4, 0.5) is 0 Å². The molecular weight excluding hydrogens is 206 g/mol. The zero-order valence-electron chi connectivity index (χ0n) is 9.09. The van der Waals surface area contributed by atoms with Crippen molar-refractivity contribution in [1.82, 2.24) is 30.4 Å². The first-order valence-electron chi connectivity index (χ1n) is 5.20. The van der Waals surface area contributed by atoms with Gasteiger partial charge < -0.3 is 0 Å². The lowest BCUT2D eigenvalue weighted by atomic mass is 10.2. The van der Waals surface area contributed by atoms with E-state index >= 15 is 0 Å². The molecule has 2 heterocycles. The summed E-state index contributed by atoms with van der Waals surface area (Å²) < 4.78 is 1.91. The highest BCUT2D eigenvalue weighted by Gasteiger charge is 2.19. The van der Waals surface area contributed by atoms with Crippen LogP contribution in [0.5, 0.6) is 0 Å². The Morgan fingerprint density at radius 1 is 1.62 bits per heavy atom. The molecule has 0 saturated carbocycles. The van der Waals surface area contributed by atoms with Crippen molar-refractivity contribution in [2.24, 2.45) is 5.84 Å². The normalized spacial score (nSPS) is 12.9. The van der Waals surface area contributed by atoms with E-state index in [0.717, 1.165) is 18.7 Å². The first-order valence-corrected chi connectivity index (χ1v) is 5.20. The fourth-order valence-electron chi connectivity index (χ4n) is 1.65. The third-order valence-corrected chi connectivity index (χ3v) is 2.35. The van der Waals surface area contributed by atoms with Crippen molar-refractivity contribution in [2.75, 3.05) is 0 Å². The van der Waals surface area contributed by atoms with Crippen molar-refractivity contribution >= 4 is 0 Å². The summed E-state index contributed by atoms with van der Waals surface area (Å²) in [5.74, 6) is 6.22. The van der Waals surface area contributed by atoms with Crippen LogP contribution in [0.3, 0.4) is 0 Å². The van der Waals surface area contributed by atoms with Gasteiger partial charge in [-0.15, -0.1) is 0 Å². The average molecular weight is 221 g/mol. The van der Waals surface area contributed by atoms with Crippen molar-refractivity contribution < 1.29 is 0 Å². The molecule has 2 rings (SSSR count). The van der Waals surface area contributed by atoms with Gasteiger partial charge in [-0.1, -0.05) is 6.92 Å². The van der Waals surface area contributed by atoms with Gasteiger partial charge in [0.25, 0.3) is 0 Å². The summed E-state index contributed by atoms with van der Waals surface area (Å²) in [6, 6.07) is 1.71. The summed E-state index contributed by atoms with van der Waals surface area (Å²) in [5, 5.41) is 10.9. The van der Waals surface area contributed by atoms with Crippen LogP contribution in [0.15, 0.2) is 18.6 Å². The van der Waals surface area contributed by atoms with Crippen molar-refractivity contribution in [1.29, 1.82) is 0 Å². The Morgan fingerprint density at radius 3 is 3.12 bits per heavy atom. The van der Waals surface area contributed by atoms with Gasteiger partial charge >= 0.3 is 0 Å². The van der Waals surface area contributed by atoms with Gasteiger partial charge in [0.05, 0.1) is 5.69 Å². The summed E-state index contributed by atoms with van der Waals surface area (Å²) in [6.07, 6.45) is 4.23. The van der Waals surface area contributed by atoms with Crippen LogP contribution in [0.25, 0.3) is 0 Å². The van der Waals surface area contributed by atoms with E-state index in [4.69, 9.17) is 5.84 Å². The van der Waals surface area contributed by atoms with E-state index in [-0.39, 0.29) is 6.04 Å². The lowest BCUT2D eigenvalue weighted by Crippen LogP contribution is -2.31. The predicted octanol–water partition coefficient (Wildman–Crippen LogP) is -0.0361. The van der Waals surface area contributed by atoms with E-state index in [1.807, 2.05) is 10.7 Å². The van der Waals surface area contributed by atoms with E-state index in [0.29, 0.717) is 5.82 Å². The molecule has 0 saturated heterocycles. The van der Waals surface area contributed by atoms with Gasteiger partial charge in [0.1, 0.15) is 18.2 Å². The fraction of sp³-hybridized carbons (Fsp3) is 0.444. The Labute approximate surface area is 93.0 Å². The number of hydrogen-bond acceptors (Lipinski definition) is 5. The molecule has 0 amide bonds. The molecule has 0 aliphatic heterocycles. The lowest BCUT2D eigenvalue weighted by Gasteiger charge is -2.14. The van der Waals surface area contributed by atoms with Crippen molar-refractivity contribution in [3.05, 3.63) is 30.1 Å². The van der Waals surface area contributed by atoms with Crippen LogP contribution in [-0.4, -0.2) is 25.0 Å². The number of aryl methyl sites for hydroxylation is 1. The van der Waals surface area contributed by atoms with Gasteiger partial charge in [-0.25, -0.2) is 10.4 Å². The van der Waals surface area contributed by atoms with Crippen LogP contribution in [0, 0.1) is 0 Å². The summed E-state index contributed by atoms with van der Waals surface area (Å²) in [5.41, 5.74) is 3.68. The zero-order valence-corrected chi connectivity index (χ0v) is 9.09. The fourth-order valence-corrected chi connectivity index (χ4v) is 1.65. The van der Waals surface area contributed by atoms with E-state index in [1.165, 1.54) is 6.33 Å². The SMILES string of the molecule is CCCn1nccc1C(NN)c1ncn[nH]1. The van der Waals surface area contributed by atoms with E-state index in [2.05, 4.69) is 32.6 Å². The summed E-state index contributed by atoms with van der Waals surface area (Å²) in [7, 11) is 0. The van der Waals surface area contributed by atoms with Gasteiger partial charge in [0, 0.05) is 12.7 Å². The molecule has 1 unspecified atom stereocenters. The van der Waals surface area contributed by atoms with Gasteiger partial charge in [-0.3, -0.25) is 15.6 Å². The Hall–Kier alpha value is -1.73. The highest BCUT2D eigenvalue weighted by molar-refractivity contribution is 5.15. The van der Waals surface area contributed by atoms with Crippen LogP contribution in [-0.2, 0) is 6.54 Å². The minimum Gasteiger partial charge on any atom is -0.270 e. The van der Waals surface area contributed by atoms with E-state index < -0.39 is 0 Å². The maximum atomic E-state index is 5.54. The zero-order chi connectivity index (χ0) is 11.4. The molecule has 0 aliphatic carbocycles. The molecule has 7 heteroatoms. The maximum Gasteiger partial charge on any atom is 0.148 e. The average Bonchev–Trinajstić information content (AvgIpc) is 2.92. The molecule has 0 aromatic carbocycles. The van der Waals surface area contributed by atoms with Gasteiger partial charge in [-0.2, -0.15) is 10.2 Å². The van der Waals surface area contributed by atoms with Crippen LogP contribution in [0.2, 0.25) is 0 Å². The number of hydrogen-bond donors (Lipinski definition) is 3. The number of H-pyrrole nitrogens is 1. The molecule has 86 valence electrons. The molecule has 0 radical (unpaired) electrons. The summed E-state index contributed by atoms with van der Waals surface area (Å²) in [4.78, 5) is 4.09. The molecule has 0 aliphatic rings. The molecule has 1 atom stereocenters. The molecule has 2 aromatic heterocycles. The number of rotatable bonds is 5. The van der Waals surface area contributed by atoms with E-state index in [9.17, 15) is 0 Å². The number of nitrogens with two attached hydrogens (primary N) is 1. The molecular formula is C9H15N7. The van der Waals surface area contributed by atoms with Crippen molar-refractivity contribution in [3.63, 3.8) is 0 Å². The lowest BCUT2D eigenvalue weighted by molar-refractivity contribution is 0.508. The largest absolute Gasteiger partial charge is 0.270 e. The second-order valence-electron chi connectivity index (χ2n) is 3.45. The first kappa shape index (κ1) is 10.8. The maximum absolute atomic E-state index is 5.54. The number of nitrogens with one attached hydrogen (secondary N) is 2. The number of aromatic nitrogens is 5. The van der Waals surface area contributed by atoms with Gasteiger partial charge in [0.15, 0.2) is 0 Å². The smallest absolute Gasteiger partial charge is 0.148 e. The number of aromatic amines is 1. The summed E-state index contributed by atoms with van der Waals surface area (Å²) in [6.45, 7) is 2.96. The highest BCUT2D eigenvalue weighted by atomic mass is 15.3. The minimum absolute atomic E-state index is 0.212. The van der Waals surface area contributed by atoms with Crippen LogP contribution in [0.1, 0.15) is 30.9 Å². The molecule has 4 N–H and O–H groups in total. The monoisotopic (exact) mass is 221 g/mol. The minimum atomic E-state index is -0.212. The second-order valence-corrected chi connectivity index (χ2v) is 3.45. The predicted molar refractivity (Wildman–Crippen MR) is 58.1 cm³/mol. The molecule has 16 heavy (non-hydrogen) atoms. The first-order chi connectivity index (χ1) is 7.86. The highest BCUT2D eigenvalue weighted by Crippen LogP contribution is 2.17. The van der Waals surface area contributed by atoms with Gasteiger partial charge in [0.2, 0.25) is 0 Å².